The predicted molar refractivity (Wildman–Crippen MR) is 80.0 cm³/mol. The van der Waals surface area contributed by atoms with Gasteiger partial charge in [0.2, 0.25) is 5.91 Å². The first-order valence-electron chi connectivity index (χ1n) is 6.23. The third kappa shape index (κ3) is 5.53. The zero-order valence-corrected chi connectivity index (χ0v) is 12.4. The summed E-state index contributed by atoms with van der Waals surface area (Å²) in [5.74, 6) is 0.976. The normalized spacial score (nSPS) is 12.0. The number of carbonyl (C=O) groups is 1. The van der Waals surface area contributed by atoms with Gasteiger partial charge in [-0.15, -0.1) is 11.8 Å². The second-order valence-electron chi connectivity index (χ2n) is 4.39. The van der Waals surface area contributed by atoms with Crippen LogP contribution in [0.1, 0.15) is 18.9 Å². The van der Waals surface area contributed by atoms with E-state index in [9.17, 15) is 4.79 Å². The summed E-state index contributed by atoms with van der Waals surface area (Å²) in [6, 6.07) is 5.66. The van der Waals surface area contributed by atoms with Gasteiger partial charge in [0.05, 0.1) is 18.6 Å². The van der Waals surface area contributed by atoms with E-state index in [0.29, 0.717) is 23.6 Å². The van der Waals surface area contributed by atoms with Gasteiger partial charge in [0.15, 0.2) is 0 Å². The van der Waals surface area contributed by atoms with E-state index < -0.39 is 0 Å². The molecule has 1 atom stereocenters. The van der Waals surface area contributed by atoms with Crippen molar-refractivity contribution in [1.82, 2.24) is 0 Å². The van der Waals surface area contributed by atoms with Crippen molar-refractivity contribution in [1.29, 1.82) is 0 Å². The SMILES string of the molecule is COc1ccc(C)cc1NC(=O)CSC(C)CCO. The minimum Gasteiger partial charge on any atom is -0.495 e. The molecule has 0 aromatic heterocycles. The first kappa shape index (κ1) is 15.9. The van der Waals surface area contributed by atoms with Crippen LogP contribution in [0.15, 0.2) is 18.2 Å². The molecule has 0 saturated carbocycles. The van der Waals surface area contributed by atoms with Gasteiger partial charge in [-0.25, -0.2) is 0 Å². The number of hydrogen-bond donors (Lipinski definition) is 2. The molecule has 0 fully saturated rings. The fourth-order valence-electron chi connectivity index (χ4n) is 1.59. The Labute approximate surface area is 118 Å². The Morgan fingerprint density at radius 3 is 2.89 bits per heavy atom. The molecule has 1 aromatic rings. The van der Waals surface area contributed by atoms with Gasteiger partial charge in [-0.3, -0.25) is 4.79 Å². The van der Waals surface area contributed by atoms with E-state index in [1.165, 1.54) is 11.8 Å². The van der Waals surface area contributed by atoms with Gasteiger partial charge in [-0.1, -0.05) is 13.0 Å². The molecule has 0 bridgehead atoms. The molecule has 19 heavy (non-hydrogen) atoms. The Morgan fingerprint density at radius 2 is 2.26 bits per heavy atom. The molecule has 4 nitrogen and oxygen atoms in total. The molecule has 0 aliphatic carbocycles. The molecule has 1 amide bonds. The number of aliphatic hydroxyl groups is 1. The summed E-state index contributed by atoms with van der Waals surface area (Å²) >= 11 is 1.53. The maximum absolute atomic E-state index is 11.9. The molecule has 1 unspecified atom stereocenters. The Balaban J connectivity index is 2.54. The van der Waals surface area contributed by atoms with Gasteiger partial charge in [0.25, 0.3) is 0 Å². The van der Waals surface area contributed by atoms with E-state index in [-0.39, 0.29) is 17.8 Å². The number of benzene rings is 1. The van der Waals surface area contributed by atoms with Crippen LogP contribution in [0.25, 0.3) is 0 Å². The number of methoxy groups -OCH3 is 1. The maximum atomic E-state index is 11.9. The number of rotatable bonds is 7. The fraction of sp³-hybridized carbons (Fsp3) is 0.500. The lowest BCUT2D eigenvalue weighted by Crippen LogP contribution is -2.16. The van der Waals surface area contributed by atoms with Crippen LogP contribution in [0.3, 0.4) is 0 Å². The summed E-state index contributed by atoms with van der Waals surface area (Å²) in [6.45, 7) is 4.12. The number of hydrogen-bond acceptors (Lipinski definition) is 4. The summed E-state index contributed by atoms with van der Waals surface area (Å²) in [7, 11) is 1.58. The highest BCUT2D eigenvalue weighted by atomic mass is 32.2. The molecular weight excluding hydrogens is 262 g/mol. The number of thioether (sulfide) groups is 1. The first-order valence-corrected chi connectivity index (χ1v) is 7.28. The number of amides is 1. The van der Waals surface area contributed by atoms with Crippen molar-refractivity contribution in [3.05, 3.63) is 23.8 Å². The van der Waals surface area contributed by atoms with Crippen LogP contribution in [0, 0.1) is 6.92 Å². The Kier molecular flexibility index (Phi) is 6.73. The summed E-state index contributed by atoms with van der Waals surface area (Å²) in [5.41, 5.74) is 1.76. The fourth-order valence-corrected chi connectivity index (χ4v) is 2.37. The molecule has 106 valence electrons. The summed E-state index contributed by atoms with van der Waals surface area (Å²) in [4.78, 5) is 11.9. The summed E-state index contributed by atoms with van der Waals surface area (Å²) in [5, 5.41) is 11.9. The Morgan fingerprint density at radius 1 is 1.53 bits per heavy atom. The molecule has 2 N–H and O–H groups in total. The van der Waals surface area contributed by atoms with Gasteiger partial charge in [0.1, 0.15) is 5.75 Å². The number of aryl methyl sites for hydroxylation is 1. The van der Waals surface area contributed by atoms with Crippen LogP contribution >= 0.6 is 11.8 Å². The lowest BCUT2D eigenvalue weighted by molar-refractivity contribution is -0.113. The molecule has 1 aromatic carbocycles. The average Bonchev–Trinajstić information content (AvgIpc) is 2.37. The molecular formula is C14H21NO3S. The van der Waals surface area contributed by atoms with Crippen LogP contribution in [-0.2, 0) is 4.79 Å². The topological polar surface area (TPSA) is 58.6 Å². The van der Waals surface area contributed by atoms with Crippen molar-refractivity contribution in [2.75, 3.05) is 24.8 Å². The summed E-state index contributed by atoms with van der Waals surface area (Å²) < 4.78 is 5.21. The molecule has 0 radical (unpaired) electrons. The molecule has 0 aliphatic rings. The predicted octanol–water partition coefficient (Wildman–Crippen LogP) is 2.45. The van der Waals surface area contributed by atoms with Gasteiger partial charge < -0.3 is 15.2 Å². The minimum absolute atomic E-state index is 0.0568. The lowest BCUT2D eigenvalue weighted by atomic mass is 10.2. The molecule has 0 heterocycles. The van der Waals surface area contributed by atoms with Gasteiger partial charge in [0, 0.05) is 11.9 Å². The Bertz CT molecular complexity index is 423. The number of ether oxygens (including phenoxy) is 1. The van der Waals surface area contributed by atoms with E-state index in [4.69, 9.17) is 9.84 Å². The number of carbonyl (C=O) groups excluding carboxylic acids is 1. The smallest absolute Gasteiger partial charge is 0.234 e. The molecule has 0 spiro atoms. The van der Waals surface area contributed by atoms with E-state index >= 15 is 0 Å². The van der Waals surface area contributed by atoms with Gasteiger partial charge >= 0.3 is 0 Å². The highest BCUT2D eigenvalue weighted by molar-refractivity contribution is 8.00. The van der Waals surface area contributed by atoms with Crippen molar-refractivity contribution in [2.45, 2.75) is 25.5 Å². The second kappa shape index (κ2) is 8.07. The number of nitrogens with one attached hydrogen (secondary N) is 1. The monoisotopic (exact) mass is 283 g/mol. The third-order valence-corrected chi connectivity index (χ3v) is 3.90. The van der Waals surface area contributed by atoms with Gasteiger partial charge in [-0.05, 0) is 31.0 Å². The highest BCUT2D eigenvalue weighted by Crippen LogP contribution is 2.25. The van der Waals surface area contributed by atoms with Crippen molar-refractivity contribution < 1.29 is 14.6 Å². The van der Waals surface area contributed by atoms with Crippen LogP contribution in [-0.4, -0.2) is 35.7 Å². The van der Waals surface area contributed by atoms with Crippen molar-refractivity contribution in [3.8, 4) is 5.75 Å². The average molecular weight is 283 g/mol. The van der Waals surface area contributed by atoms with Crippen LogP contribution in [0.5, 0.6) is 5.75 Å². The van der Waals surface area contributed by atoms with E-state index in [1.54, 1.807) is 7.11 Å². The second-order valence-corrected chi connectivity index (χ2v) is 5.81. The van der Waals surface area contributed by atoms with Crippen LogP contribution < -0.4 is 10.1 Å². The maximum Gasteiger partial charge on any atom is 0.234 e. The molecule has 1 rings (SSSR count). The first-order chi connectivity index (χ1) is 9.06. The largest absolute Gasteiger partial charge is 0.495 e. The summed E-state index contributed by atoms with van der Waals surface area (Å²) in [6.07, 6.45) is 0.700. The quantitative estimate of drug-likeness (QED) is 0.807. The van der Waals surface area contributed by atoms with Crippen LogP contribution in [0.2, 0.25) is 0 Å². The van der Waals surface area contributed by atoms with Gasteiger partial charge in [-0.2, -0.15) is 0 Å². The standard InChI is InChI=1S/C14H21NO3S/c1-10-4-5-13(18-3)12(8-10)15-14(17)9-19-11(2)6-7-16/h4-5,8,11,16H,6-7,9H2,1-3H3,(H,15,17). The van der Waals surface area contributed by atoms with E-state index in [2.05, 4.69) is 5.32 Å². The molecule has 5 heteroatoms. The van der Waals surface area contributed by atoms with E-state index in [1.807, 2.05) is 32.0 Å². The van der Waals surface area contributed by atoms with Crippen molar-refractivity contribution in [2.24, 2.45) is 0 Å². The highest BCUT2D eigenvalue weighted by Gasteiger charge is 2.10. The van der Waals surface area contributed by atoms with E-state index in [0.717, 1.165) is 5.56 Å². The molecule has 0 aliphatic heterocycles. The zero-order chi connectivity index (χ0) is 14.3. The lowest BCUT2D eigenvalue weighted by Gasteiger charge is -2.12. The number of anilines is 1. The number of aliphatic hydroxyl groups excluding tert-OH is 1. The Hall–Kier alpha value is -1.20. The zero-order valence-electron chi connectivity index (χ0n) is 11.6. The third-order valence-electron chi connectivity index (χ3n) is 2.66. The molecule has 0 saturated heterocycles. The van der Waals surface area contributed by atoms with Crippen molar-refractivity contribution in [3.63, 3.8) is 0 Å². The van der Waals surface area contributed by atoms with Crippen LogP contribution in [0.4, 0.5) is 5.69 Å². The minimum atomic E-state index is -0.0568. The van der Waals surface area contributed by atoms with Crippen molar-refractivity contribution >= 4 is 23.4 Å².